The second-order valence-corrected chi connectivity index (χ2v) is 4.75. The van der Waals surface area contributed by atoms with Crippen LogP contribution in [0.2, 0.25) is 0 Å². The van der Waals surface area contributed by atoms with E-state index in [1.807, 2.05) is 0 Å². The van der Waals surface area contributed by atoms with Crippen LogP contribution >= 0.6 is 27.3 Å². The molecule has 1 aliphatic heterocycles. The van der Waals surface area contributed by atoms with E-state index in [-0.39, 0.29) is 5.60 Å². The summed E-state index contributed by atoms with van der Waals surface area (Å²) in [4.78, 5) is 1.33. The first-order valence-corrected chi connectivity index (χ1v) is 5.19. The summed E-state index contributed by atoms with van der Waals surface area (Å²) in [7, 11) is 0. The Bertz CT molecular complexity index is 288. The summed E-state index contributed by atoms with van der Waals surface area (Å²) < 4.78 is 6.58. The van der Waals surface area contributed by atoms with E-state index in [0.717, 1.165) is 6.61 Å². The molecular formula is C8H9BrOS. The number of hydrogen-bond donors (Lipinski definition) is 0. The predicted octanol–water partition coefficient (Wildman–Crippen LogP) is 3.06. The van der Waals surface area contributed by atoms with E-state index in [0.29, 0.717) is 0 Å². The second kappa shape index (κ2) is 2.31. The molecule has 2 rings (SSSR count). The molecule has 1 atom stereocenters. The first-order chi connectivity index (χ1) is 5.13. The summed E-state index contributed by atoms with van der Waals surface area (Å²) in [5.74, 6) is 0. The van der Waals surface area contributed by atoms with Crippen molar-refractivity contribution in [1.29, 1.82) is 0 Å². The molecule has 0 amide bonds. The lowest BCUT2D eigenvalue weighted by Gasteiger charge is -2.01. The van der Waals surface area contributed by atoms with Crippen molar-refractivity contribution in [3.8, 4) is 0 Å². The standard InChI is InChI=1S/C8H9BrOS/c1-5-3-11-7(6(5)9)8(2)4-10-8/h3H,4H2,1-2H3. The minimum absolute atomic E-state index is 0.0256. The van der Waals surface area contributed by atoms with Gasteiger partial charge in [-0.05, 0) is 40.7 Å². The van der Waals surface area contributed by atoms with Crippen molar-refractivity contribution in [2.24, 2.45) is 0 Å². The topological polar surface area (TPSA) is 12.5 Å². The Morgan fingerprint density at radius 3 is 2.73 bits per heavy atom. The van der Waals surface area contributed by atoms with E-state index in [9.17, 15) is 0 Å². The van der Waals surface area contributed by atoms with Gasteiger partial charge < -0.3 is 4.74 Å². The quantitative estimate of drug-likeness (QED) is 0.679. The van der Waals surface area contributed by atoms with E-state index in [1.165, 1.54) is 14.9 Å². The second-order valence-electron chi connectivity index (χ2n) is 3.08. The maximum absolute atomic E-state index is 5.36. The number of hydrogen-bond acceptors (Lipinski definition) is 2. The lowest BCUT2D eigenvalue weighted by atomic mass is 10.1. The van der Waals surface area contributed by atoms with E-state index in [1.54, 1.807) is 11.3 Å². The van der Waals surface area contributed by atoms with E-state index in [4.69, 9.17) is 4.74 Å². The van der Waals surface area contributed by atoms with Gasteiger partial charge in [0, 0.05) is 4.47 Å². The van der Waals surface area contributed by atoms with Crippen molar-refractivity contribution in [2.45, 2.75) is 19.4 Å². The third-order valence-electron chi connectivity index (χ3n) is 1.96. The normalized spacial score (nSPS) is 29.0. The van der Waals surface area contributed by atoms with Gasteiger partial charge in [0.05, 0.1) is 11.5 Å². The predicted molar refractivity (Wildman–Crippen MR) is 50.1 cm³/mol. The third kappa shape index (κ3) is 1.15. The van der Waals surface area contributed by atoms with Crippen LogP contribution in [0.15, 0.2) is 9.85 Å². The average Bonchev–Trinajstić information content (AvgIpc) is 2.60. The highest BCUT2D eigenvalue weighted by Gasteiger charge is 2.43. The molecule has 0 N–H and O–H groups in total. The molecule has 0 saturated carbocycles. The molecule has 0 radical (unpaired) electrons. The summed E-state index contributed by atoms with van der Waals surface area (Å²) in [5, 5.41) is 2.16. The molecule has 1 nitrogen and oxygen atoms in total. The summed E-state index contributed by atoms with van der Waals surface area (Å²) in [6.07, 6.45) is 0. The molecule has 3 heteroatoms. The molecule has 60 valence electrons. The molecule has 0 bridgehead atoms. The Balaban J connectivity index is 2.45. The van der Waals surface area contributed by atoms with Crippen LogP contribution in [0.5, 0.6) is 0 Å². The fraction of sp³-hybridized carbons (Fsp3) is 0.500. The summed E-state index contributed by atoms with van der Waals surface area (Å²) in [6.45, 7) is 5.10. The van der Waals surface area contributed by atoms with Gasteiger partial charge in [0.2, 0.25) is 0 Å². The van der Waals surface area contributed by atoms with Crippen LogP contribution in [0.3, 0.4) is 0 Å². The first-order valence-electron chi connectivity index (χ1n) is 3.51. The van der Waals surface area contributed by atoms with Crippen molar-refractivity contribution in [2.75, 3.05) is 6.61 Å². The molecule has 0 aromatic carbocycles. The minimum Gasteiger partial charge on any atom is -0.364 e. The monoisotopic (exact) mass is 232 g/mol. The van der Waals surface area contributed by atoms with Crippen LogP contribution in [-0.4, -0.2) is 6.61 Å². The van der Waals surface area contributed by atoms with E-state index >= 15 is 0 Å². The van der Waals surface area contributed by atoms with Crippen molar-refractivity contribution in [3.05, 3.63) is 20.3 Å². The van der Waals surface area contributed by atoms with Gasteiger partial charge in [0.1, 0.15) is 5.60 Å². The van der Waals surface area contributed by atoms with Crippen LogP contribution in [0.4, 0.5) is 0 Å². The smallest absolute Gasteiger partial charge is 0.124 e. The molecule has 1 saturated heterocycles. The van der Waals surface area contributed by atoms with Gasteiger partial charge in [-0.15, -0.1) is 11.3 Å². The van der Waals surface area contributed by atoms with Gasteiger partial charge in [-0.2, -0.15) is 0 Å². The largest absolute Gasteiger partial charge is 0.364 e. The van der Waals surface area contributed by atoms with Gasteiger partial charge >= 0.3 is 0 Å². The van der Waals surface area contributed by atoms with Crippen LogP contribution in [0.1, 0.15) is 17.4 Å². The Labute approximate surface area is 78.5 Å². The Morgan fingerprint density at radius 1 is 1.73 bits per heavy atom. The number of epoxide rings is 1. The van der Waals surface area contributed by atoms with Gasteiger partial charge in [-0.25, -0.2) is 0 Å². The van der Waals surface area contributed by atoms with Gasteiger partial charge in [-0.1, -0.05) is 0 Å². The van der Waals surface area contributed by atoms with Crippen LogP contribution < -0.4 is 0 Å². The maximum atomic E-state index is 5.36. The number of aryl methyl sites for hydroxylation is 1. The molecule has 1 aromatic rings. The lowest BCUT2D eigenvalue weighted by Crippen LogP contribution is -1.98. The van der Waals surface area contributed by atoms with Gasteiger partial charge in [0.25, 0.3) is 0 Å². The molecule has 1 fully saturated rings. The molecule has 11 heavy (non-hydrogen) atoms. The Hall–Kier alpha value is 0.140. The summed E-state index contributed by atoms with van der Waals surface area (Å²) in [5.41, 5.74) is 1.33. The fourth-order valence-corrected chi connectivity index (χ4v) is 3.04. The van der Waals surface area contributed by atoms with E-state index in [2.05, 4.69) is 35.2 Å². The zero-order chi connectivity index (χ0) is 8.06. The summed E-state index contributed by atoms with van der Waals surface area (Å²) >= 11 is 5.33. The van der Waals surface area contributed by atoms with Crippen molar-refractivity contribution >= 4 is 27.3 Å². The molecule has 2 heterocycles. The van der Waals surface area contributed by atoms with Crippen LogP contribution in [-0.2, 0) is 10.3 Å². The Kier molecular flexibility index (Phi) is 1.63. The molecule has 0 spiro atoms. The molecule has 1 aliphatic rings. The van der Waals surface area contributed by atoms with Gasteiger partial charge in [0.15, 0.2) is 0 Å². The maximum Gasteiger partial charge on any atom is 0.124 e. The summed E-state index contributed by atoms with van der Waals surface area (Å²) in [6, 6.07) is 0. The van der Waals surface area contributed by atoms with Crippen molar-refractivity contribution in [1.82, 2.24) is 0 Å². The highest BCUT2D eigenvalue weighted by molar-refractivity contribution is 9.10. The minimum atomic E-state index is 0.0256. The van der Waals surface area contributed by atoms with Crippen LogP contribution in [0, 0.1) is 6.92 Å². The lowest BCUT2D eigenvalue weighted by molar-refractivity contribution is 0.333. The molecule has 1 unspecified atom stereocenters. The van der Waals surface area contributed by atoms with Crippen molar-refractivity contribution < 1.29 is 4.74 Å². The highest BCUT2D eigenvalue weighted by atomic mass is 79.9. The zero-order valence-electron chi connectivity index (χ0n) is 6.48. The zero-order valence-corrected chi connectivity index (χ0v) is 8.88. The SMILES string of the molecule is Cc1csc(C2(C)CO2)c1Br. The number of thiophene rings is 1. The Morgan fingerprint density at radius 2 is 2.36 bits per heavy atom. The molecule has 1 aromatic heterocycles. The number of rotatable bonds is 1. The molecular weight excluding hydrogens is 224 g/mol. The fourth-order valence-electron chi connectivity index (χ4n) is 1.03. The van der Waals surface area contributed by atoms with Crippen molar-refractivity contribution in [3.63, 3.8) is 0 Å². The van der Waals surface area contributed by atoms with Gasteiger partial charge in [-0.3, -0.25) is 0 Å². The average molecular weight is 233 g/mol. The molecule has 0 aliphatic carbocycles. The highest BCUT2D eigenvalue weighted by Crippen LogP contribution is 2.45. The number of ether oxygens (including phenoxy) is 1. The third-order valence-corrected chi connectivity index (χ3v) is 4.58. The van der Waals surface area contributed by atoms with Crippen LogP contribution in [0.25, 0.3) is 0 Å². The number of halogens is 1. The first kappa shape index (κ1) is 7.77. The van der Waals surface area contributed by atoms with E-state index < -0.39 is 0 Å².